The molecule has 0 saturated heterocycles. The van der Waals surface area contributed by atoms with Crippen LogP contribution in [0.1, 0.15) is 258 Å². The van der Waals surface area contributed by atoms with E-state index in [0.717, 1.165) is 122 Å². The quantitative estimate of drug-likeness (QED) is 0.0261. The summed E-state index contributed by atoms with van der Waals surface area (Å²) in [5, 5.41) is 0. The molecule has 6 nitrogen and oxygen atoms in total. The molecule has 1 atom stereocenters. The molecule has 6 heteroatoms. The van der Waals surface area contributed by atoms with Gasteiger partial charge in [-0.2, -0.15) is 0 Å². The van der Waals surface area contributed by atoms with E-state index >= 15 is 0 Å². The van der Waals surface area contributed by atoms with Crippen molar-refractivity contribution in [3.63, 3.8) is 0 Å². The second-order valence-electron chi connectivity index (χ2n) is 19.2. The molecule has 0 spiro atoms. The van der Waals surface area contributed by atoms with Crippen LogP contribution in [-0.4, -0.2) is 37.2 Å². The third-order valence-electron chi connectivity index (χ3n) is 12.2. The fourth-order valence-corrected chi connectivity index (χ4v) is 7.82. The average molecular weight is 998 g/mol. The third kappa shape index (κ3) is 56.7. The summed E-state index contributed by atoms with van der Waals surface area (Å²) in [5.41, 5.74) is 0. The first kappa shape index (κ1) is 67.8. The number of ether oxygens (including phenoxy) is 3. The topological polar surface area (TPSA) is 78.9 Å². The highest BCUT2D eigenvalue weighted by molar-refractivity contribution is 5.71. The molecule has 72 heavy (non-hydrogen) atoms. The first-order valence-electron chi connectivity index (χ1n) is 29.5. The van der Waals surface area contributed by atoms with Gasteiger partial charge in [0.25, 0.3) is 0 Å². The van der Waals surface area contributed by atoms with E-state index in [9.17, 15) is 14.4 Å². The van der Waals surface area contributed by atoms with Gasteiger partial charge in [0.15, 0.2) is 6.10 Å². The number of rotatable bonds is 52. The molecule has 0 fully saturated rings. The largest absolute Gasteiger partial charge is 0.462 e. The van der Waals surface area contributed by atoms with E-state index in [1.165, 1.54) is 96.3 Å². The Balaban J connectivity index is 4.25. The van der Waals surface area contributed by atoms with Crippen molar-refractivity contribution in [3.8, 4) is 0 Å². The zero-order chi connectivity index (χ0) is 52.2. The molecule has 0 amide bonds. The number of carbonyl (C=O) groups excluding carboxylic acids is 3. The van der Waals surface area contributed by atoms with Crippen LogP contribution in [0.15, 0.2) is 122 Å². The van der Waals surface area contributed by atoms with E-state index in [-0.39, 0.29) is 31.1 Å². The minimum absolute atomic E-state index is 0.0906. The van der Waals surface area contributed by atoms with E-state index in [4.69, 9.17) is 14.2 Å². The molecule has 0 saturated carbocycles. The number of esters is 3. The SMILES string of the molecule is CC/C=C\C/C=C\C/C=C\C/C=C\C/C=C\C/C=C\C/C=C\C/C=C\C/C=C\C/C=C\CCCCC(=O)OCC(COC(=O)CCCCCCCCCC)OC(=O)CCCCCCCCCCCCCCC. The normalized spacial score (nSPS) is 13.0. The number of unbranched alkanes of at least 4 members (excludes halogenated alkanes) is 21. The standard InChI is InChI=1S/C66H108O6/c1-4-7-10-13-16-19-21-23-24-25-26-27-28-29-30-31-32-33-34-35-36-37-38-39-40-41-42-44-45-47-50-53-56-59-65(68)71-62-63(61-70-64(67)58-55-52-49-18-15-12-9-6-3)72-66(69)60-57-54-51-48-46-43-22-20-17-14-11-8-5-2/h7,10,16,19,23-24,26-27,29-30,32-33,35-36,38-39,41-42,45,47,63H,4-6,8-9,11-15,17-18,20-22,25,28,31,34,37,40,43-44,46,48-62H2,1-3H3/b10-7-,19-16-,24-23-,27-26-,30-29-,33-32-,36-35-,39-38-,42-41-,47-45-. The Morgan fingerprint density at radius 3 is 0.847 bits per heavy atom. The van der Waals surface area contributed by atoms with Crippen LogP contribution in [0.25, 0.3) is 0 Å². The zero-order valence-electron chi connectivity index (χ0n) is 46.7. The van der Waals surface area contributed by atoms with Crippen molar-refractivity contribution in [1.29, 1.82) is 0 Å². The van der Waals surface area contributed by atoms with E-state index in [0.29, 0.717) is 19.3 Å². The summed E-state index contributed by atoms with van der Waals surface area (Å²) in [5.74, 6) is -0.941. The Morgan fingerprint density at radius 1 is 0.292 bits per heavy atom. The lowest BCUT2D eigenvalue weighted by atomic mass is 10.0. The fraction of sp³-hybridized carbons (Fsp3) is 0.652. The Labute approximate surface area is 443 Å². The van der Waals surface area contributed by atoms with Crippen molar-refractivity contribution in [2.75, 3.05) is 13.2 Å². The van der Waals surface area contributed by atoms with Crippen LogP contribution in [0.3, 0.4) is 0 Å². The summed E-state index contributed by atoms with van der Waals surface area (Å²) in [6.45, 7) is 6.45. The van der Waals surface area contributed by atoms with Gasteiger partial charge in [0, 0.05) is 19.3 Å². The molecule has 0 aromatic rings. The van der Waals surface area contributed by atoms with Crippen LogP contribution in [0.5, 0.6) is 0 Å². The molecule has 0 aliphatic heterocycles. The summed E-state index contributed by atoms with van der Waals surface area (Å²) >= 11 is 0. The van der Waals surface area contributed by atoms with Gasteiger partial charge in [-0.15, -0.1) is 0 Å². The summed E-state index contributed by atoms with van der Waals surface area (Å²) < 4.78 is 16.7. The Bertz CT molecular complexity index is 1520. The van der Waals surface area contributed by atoms with Crippen LogP contribution in [-0.2, 0) is 28.6 Å². The highest BCUT2D eigenvalue weighted by Crippen LogP contribution is 2.15. The minimum Gasteiger partial charge on any atom is -0.462 e. The molecular formula is C66H108O6. The second kappa shape index (κ2) is 59.4. The van der Waals surface area contributed by atoms with Gasteiger partial charge in [-0.25, -0.2) is 0 Å². The van der Waals surface area contributed by atoms with Crippen molar-refractivity contribution < 1.29 is 28.6 Å². The number of hydrogen-bond donors (Lipinski definition) is 0. The lowest BCUT2D eigenvalue weighted by molar-refractivity contribution is -0.167. The van der Waals surface area contributed by atoms with Gasteiger partial charge in [-0.3, -0.25) is 14.4 Å². The van der Waals surface area contributed by atoms with E-state index in [2.05, 4.69) is 142 Å². The Kier molecular flexibility index (Phi) is 55.9. The maximum Gasteiger partial charge on any atom is 0.306 e. The number of carbonyl (C=O) groups is 3. The lowest BCUT2D eigenvalue weighted by Crippen LogP contribution is -2.30. The molecule has 0 radical (unpaired) electrons. The molecular weight excluding hydrogens is 889 g/mol. The van der Waals surface area contributed by atoms with Crippen LogP contribution in [0.4, 0.5) is 0 Å². The predicted molar refractivity (Wildman–Crippen MR) is 311 cm³/mol. The lowest BCUT2D eigenvalue weighted by Gasteiger charge is -2.18. The van der Waals surface area contributed by atoms with Gasteiger partial charge < -0.3 is 14.2 Å². The molecule has 0 aromatic heterocycles. The van der Waals surface area contributed by atoms with Crippen molar-refractivity contribution in [2.45, 2.75) is 264 Å². The van der Waals surface area contributed by atoms with Gasteiger partial charge in [-0.1, -0.05) is 264 Å². The van der Waals surface area contributed by atoms with Crippen LogP contribution < -0.4 is 0 Å². The molecule has 0 aliphatic rings. The second-order valence-corrected chi connectivity index (χ2v) is 19.2. The maximum absolute atomic E-state index is 12.8. The zero-order valence-corrected chi connectivity index (χ0v) is 46.7. The molecule has 0 heterocycles. The van der Waals surface area contributed by atoms with Gasteiger partial charge >= 0.3 is 17.9 Å². The van der Waals surface area contributed by atoms with Gasteiger partial charge in [0.2, 0.25) is 0 Å². The monoisotopic (exact) mass is 997 g/mol. The molecule has 0 bridgehead atoms. The Morgan fingerprint density at radius 2 is 0.542 bits per heavy atom. The van der Waals surface area contributed by atoms with E-state index in [1.54, 1.807) is 0 Å². The van der Waals surface area contributed by atoms with Crippen molar-refractivity contribution in [3.05, 3.63) is 122 Å². The van der Waals surface area contributed by atoms with Gasteiger partial charge in [0.05, 0.1) is 0 Å². The van der Waals surface area contributed by atoms with Crippen LogP contribution in [0.2, 0.25) is 0 Å². The highest BCUT2D eigenvalue weighted by Gasteiger charge is 2.19. The fourth-order valence-electron chi connectivity index (χ4n) is 7.82. The third-order valence-corrected chi connectivity index (χ3v) is 12.2. The van der Waals surface area contributed by atoms with Crippen LogP contribution >= 0.6 is 0 Å². The molecule has 0 aliphatic carbocycles. The highest BCUT2D eigenvalue weighted by atomic mass is 16.6. The summed E-state index contributed by atoms with van der Waals surface area (Å²) in [6, 6.07) is 0. The summed E-state index contributed by atoms with van der Waals surface area (Å²) in [4.78, 5) is 37.9. The minimum atomic E-state index is -0.793. The van der Waals surface area contributed by atoms with Gasteiger partial charge in [0.1, 0.15) is 13.2 Å². The average Bonchev–Trinajstić information content (AvgIpc) is 3.38. The van der Waals surface area contributed by atoms with E-state index < -0.39 is 6.10 Å². The Hall–Kier alpha value is -4.19. The molecule has 0 N–H and O–H groups in total. The van der Waals surface area contributed by atoms with Gasteiger partial charge in [-0.05, 0) is 96.3 Å². The molecule has 1 unspecified atom stereocenters. The summed E-state index contributed by atoms with van der Waals surface area (Å²) in [6.07, 6.45) is 82.2. The molecule has 0 rings (SSSR count). The smallest absolute Gasteiger partial charge is 0.306 e. The summed E-state index contributed by atoms with van der Waals surface area (Å²) in [7, 11) is 0. The molecule has 0 aromatic carbocycles. The first-order chi connectivity index (χ1) is 35.5. The van der Waals surface area contributed by atoms with E-state index in [1.807, 2.05) is 0 Å². The number of hydrogen-bond acceptors (Lipinski definition) is 6. The van der Waals surface area contributed by atoms with Crippen molar-refractivity contribution >= 4 is 17.9 Å². The first-order valence-corrected chi connectivity index (χ1v) is 29.5. The molecule has 408 valence electrons. The van der Waals surface area contributed by atoms with Crippen molar-refractivity contribution in [1.82, 2.24) is 0 Å². The van der Waals surface area contributed by atoms with Crippen LogP contribution in [0, 0.1) is 0 Å². The predicted octanol–water partition coefficient (Wildman–Crippen LogP) is 20.0. The number of allylic oxidation sites excluding steroid dienone is 20. The maximum atomic E-state index is 12.8. The van der Waals surface area contributed by atoms with Crippen molar-refractivity contribution in [2.24, 2.45) is 0 Å².